The molecule has 2 amide bonds. The van der Waals surface area contributed by atoms with Crippen molar-refractivity contribution in [2.45, 2.75) is 122 Å². The Balaban J connectivity index is 0.000000198. The first-order valence-corrected chi connectivity index (χ1v) is 26.7. The van der Waals surface area contributed by atoms with Gasteiger partial charge in [0.25, 0.3) is 17.8 Å². The van der Waals surface area contributed by atoms with Gasteiger partial charge in [-0.05, 0) is 150 Å². The molecule has 10 rings (SSSR count). The third-order valence-corrected chi connectivity index (χ3v) is 15.0. The molecule has 4 aromatic rings. The summed E-state index contributed by atoms with van der Waals surface area (Å²) in [5, 5.41) is 16.6. The first-order chi connectivity index (χ1) is 35.7. The maximum Gasteiger partial charge on any atom is 0.411 e. The summed E-state index contributed by atoms with van der Waals surface area (Å²) in [6.07, 6.45) is 3.81. The molecule has 420 valence electrons. The van der Waals surface area contributed by atoms with Gasteiger partial charge in [-0.15, -0.1) is 11.6 Å². The molecule has 78 heavy (non-hydrogen) atoms. The van der Waals surface area contributed by atoms with Crippen molar-refractivity contribution >= 4 is 85.1 Å². The summed E-state index contributed by atoms with van der Waals surface area (Å²) >= 11 is 11.9. The van der Waals surface area contributed by atoms with Crippen molar-refractivity contribution in [3.63, 3.8) is 0 Å². The lowest BCUT2D eigenvalue weighted by Gasteiger charge is -2.27. The molecule has 0 radical (unpaired) electrons. The van der Waals surface area contributed by atoms with Crippen LogP contribution in [-0.4, -0.2) is 111 Å². The van der Waals surface area contributed by atoms with Gasteiger partial charge in [-0.3, -0.25) is 24.2 Å². The number of ether oxygens (including phenoxy) is 3. The van der Waals surface area contributed by atoms with E-state index < -0.39 is 77.6 Å². The number of alkyl halides is 5. The molecule has 2 atom stereocenters. The largest absolute Gasteiger partial charge is 0.481 e. The van der Waals surface area contributed by atoms with Crippen LogP contribution in [-0.2, 0) is 40.4 Å². The van der Waals surface area contributed by atoms with Crippen LogP contribution in [0, 0.1) is 10.8 Å². The van der Waals surface area contributed by atoms with Gasteiger partial charge in [-0.1, -0.05) is 68.3 Å². The third-order valence-electron chi connectivity index (χ3n) is 13.8. The number of fused-ring (bicyclic) bond motifs is 6. The number of carboxylic acid groups (broad SMARTS) is 2. The summed E-state index contributed by atoms with van der Waals surface area (Å²) in [5.41, 5.74) is 0.0980. The fourth-order valence-electron chi connectivity index (χ4n) is 9.78. The van der Waals surface area contributed by atoms with E-state index in [0.29, 0.717) is 57.1 Å². The Morgan fingerprint density at radius 2 is 0.949 bits per heavy atom. The molecule has 2 heterocycles. The normalized spacial score (nSPS) is 19.3. The molecule has 1 unspecified atom stereocenters. The Kier molecular flexibility index (Phi) is 17.8. The lowest BCUT2D eigenvalue weighted by molar-refractivity contribution is -0.147. The van der Waals surface area contributed by atoms with Crippen molar-refractivity contribution in [3.05, 3.63) is 115 Å². The van der Waals surface area contributed by atoms with Gasteiger partial charge in [0.05, 0.1) is 5.88 Å². The van der Waals surface area contributed by atoms with E-state index in [2.05, 4.69) is 31.9 Å². The van der Waals surface area contributed by atoms with E-state index in [1.54, 1.807) is 71.9 Å². The standard InChI is InChI=1S/C27H26BrF2NO5.C15H8BrClF2O.C12H19NO4.C2H4O2.H3N/c1-25(2,3)36-24(34)31-14-26(8-9-26)12-21(31)23(33)35-13-22(32)15-4-6-17-18-7-5-16(28)11-20(18)27(29,30)19(17)10-15;16-9-2-4-11-10-3-1-8(14(20)7-17)5-12(10)15(18,19)13(11)6-9;1-11(2,3)17-10(16)13-7-12(4-5-12)6-8(13)9(14)15;1-2(3)4;/h4-7,10-11,21H,8-9,12-14H2,1-3H3;1-6H,7H2;8H,4-7H2,1-3H3,(H,14,15);1H3,(H,3,4);1H3/t;;8-;;/m..0../s1. The van der Waals surface area contributed by atoms with Crippen molar-refractivity contribution in [3.8, 4) is 22.3 Å². The molecule has 5 N–H and O–H groups in total. The first-order valence-electron chi connectivity index (χ1n) is 24.6. The van der Waals surface area contributed by atoms with Crippen LogP contribution in [0.2, 0.25) is 0 Å². The van der Waals surface area contributed by atoms with Crippen LogP contribution in [0.1, 0.15) is 130 Å². The number of halogens is 7. The highest BCUT2D eigenvalue weighted by Gasteiger charge is 2.58. The molecule has 0 aromatic heterocycles. The zero-order valence-electron chi connectivity index (χ0n) is 43.9. The zero-order valence-corrected chi connectivity index (χ0v) is 47.8. The average Bonchev–Trinajstić information content (AvgIpc) is 4.21. The van der Waals surface area contributed by atoms with Gasteiger partial charge in [0.2, 0.25) is 0 Å². The SMILES string of the molecule is CC(=O)O.CC(C)(C)OC(=O)N1CC2(CC2)CC1C(=O)OCC(=O)c1ccc2c(c1)C(F)(F)c1cc(Br)ccc1-2.CC(C)(C)OC(=O)N1CC2(CC2)C[C@H]1C(=O)O.N.O=C(CCl)c1ccc2c(c1)C(F)(F)c1cc(Br)ccc1-2. The Morgan fingerprint density at radius 3 is 1.31 bits per heavy atom. The molecule has 15 nitrogen and oxygen atoms in total. The number of carbonyl (C=O) groups is 7. The average molecular weight is 1240 g/mol. The molecule has 22 heteroatoms. The number of esters is 1. The molecule has 2 aliphatic heterocycles. The van der Waals surface area contributed by atoms with E-state index in [9.17, 15) is 37.5 Å². The highest BCUT2D eigenvalue weighted by molar-refractivity contribution is 9.10. The van der Waals surface area contributed by atoms with Crippen molar-refractivity contribution in [1.82, 2.24) is 16.0 Å². The minimum absolute atomic E-state index is 0. The predicted molar refractivity (Wildman–Crippen MR) is 287 cm³/mol. The van der Waals surface area contributed by atoms with Crippen LogP contribution >= 0.6 is 43.5 Å². The molecule has 4 fully saturated rings. The lowest BCUT2D eigenvalue weighted by Crippen LogP contribution is -2.44. The number of nitrogens with zero attached hydrogens (tertiary/aromatic N) is 2. The van der Waals surface area contributed by atoms with Crippen LogP contribution in [0.5, 0.6) is 0 Å². The van der Waals surface area contributed by atoms with E-state index in [4.69, 9.17) is 40.8 Å². The van der Waals surface area contributed by atoms with E-state index >= 15 is 8.78 Å². The zero-order chi connectivity index (χ0) is 57.0. The van der Waals surface area contributed by atoms with Crippen LogP contribution < -0.4 is 6.15 Å². The number of ketones is 2. The third kappa shape index (κ3) is 13.6. The molecule has 4 aromatic carbocycles. The smallest absolute Gasteiger partial charge is 0.411 e. The number of carboxylic acids is 2. The molecule has 6 aliphatic rings. The Hall–Kier alpha value is -5.90. The molecule has 0 bridgehead atoms. The highest BCUT2D eigenvalue weighted by Crippen LogP contribution is 2.57. The maximum absolute atomic E-state index is 15.1. The monoisotopic (exact) mass is 1240 g/mol. The maximum atomic E-state index is 15.1. The van der Waals surface area contributed by atoms with Crippen LogP contribution in [0.4, 0.5) is 27.2 Å². The fourth-order valence-corrected chi connectivity index (χ4v) is 10.7. The van der Waals surface area contributed by atoms with Gasteiger partial charge in [-0.2, -0.15) is 17.6 Å². The van der Waals surface area contributed by atoms with Crippen molar-refractivity contribution in [2.24, 2.45) is 10.8 Å². The van der Waals surface area contributed by atoms with Crippen molar-refractivity contribution in [2.75, 3.05) is 25.6 Å². The molecule has 2 spiro atoms. The van der Waals surface area contributed by atoms with Crippen LogP contribution in [0.3, 0.4) is 0 Å². The molecule has 4 aliphatic carbocycles. The summed E-state index contributed by atoms with van der Waals surface area (Å²) in [5.74, 6) is -9.98. The minimum Gasteiger partial charge on any atom is -0.481 e. The molecular formula is C56H60Br2ClF4N3O12. The second kappa shape index (κ2) is 22.7. The Bertz CT molecular complexity index is 3060. The van der Waals surface area contributed by atoms with E-state index in [-0.39, 0.29) is 62.0 Å². The first kappa shape index (κ1) is 61.3. The topological polar surface area (TPSA) is 229 Å². The van der Waals surface area contributed by atoms with E-state index in [1.807, 2.05) is 0 Å². The Morgan fingerprint density at radius 1 is 0.603 bits per heavy atom. The second-order valence-electron chi connectivity index (χ2n) is 22.2. The predicted octanol–water partition coefficient (Wildman–Crippen LogP) is 13.2. The number of carbonyl (C=O) groups excluding carboxylic acids is 5. The number of Topliss-reactive ketones (excluding diaryl/α,β-unsaturated/α-hetero) is 2. The van der Waals surface area contributed by atoms with Gasteiger partial charge in [0, 0.05) is 62.3 Å². The molecule has 2 saturated heterocycles. The minimum atomic E-state index is -3.25. The van der Waals surface area contributed by atoms with Crippen molar-refractivity contribution < 1.29 is 75.5 Å². The Labute approximate surface area is 470 Å². The van der Waals surface area contributed by atoms with Crippen molar-refractivity contribution in [1.29, 1.82) is 0 Å². The summed E-state index contributed by atoms with van der Waals surface area (Å²) in [6.45, 7) is 12.0. The number of rotatable bonds is 7. The van der Waals surface area contributed by atoms with Gasteiger partial charge in [0.1, 0.15) is 23.3 Å². The summed E-state index contributed by atoms with van der Waals surface area (Å²) in [4.78, 5) is 84.8. The number of hydrogen-bond donors (Lipinski definition) is 3. The summed E-state index contributed by atoms with van der Waals surface area (Å²) in [6, 6.07) is 16.4. The summed E-state index contributed by atoms with van der Waals surface area (Å²) < 4.78 is 76.4. The summed E-state index contributed by atoms with van der Waals surface area (Å²) in [7, 11) is 0. The number of hydrogen-bond acceptors (Lipinski definition) is 11. The quantitative estimate of drug-likeness (QED) is 0.0515. The molecular weight excluding hydrogens is 1180 g/mol. The highest BCUT2D eigenvalue weighted by atomic mass is 79.9. The number of amides is 2. The lowest BCUT2D eigenvalue weighted by atomic mass is 10.0. The van der Waals surface area contributed by atoms with Crippen LogP contribution in [0.15, 0.2) is 81.7 Å². The van der Waals surface area contributed by atoms with Gasteiger partial charge in [-0.25, -0.2) is 19.2 Å². The fraction of sp³-hybridized carbons (Fsp3) is 0.446. The number of aliphatic carboxylic acids is 2. The van der Waals surface area contributed by atoms with E-state index in [1.165, 1.54) is 52.3 Å². The molecule has 2 saturated carbocycles. The van der Waals surface area contributed by atoms with Gasteiger partial charge in [0.15, 0.2) is 18.2 Å². The van der Waals surface area contributed by atoms with E-state index in [0.717, 1.165) is 32.6 Å². The second-order valence-corrected chi connectivity index (χ2v) is 24.2. The van der Waals surface area contributed by atoms with Crippen LogP contribution in [0.25, 0.3) is 22.3 Å². The number of likely N-dealkylation sites (tertiary alicyclic amines) is 2. The number of benzene rings is 4. The van der Waals surface area contributed by atoms with Gasteiger partial charge < -0.3 is 30.6 Å². The van der Waals surface area contributed by atoms with Gasteiger partial charge >= 0.3 is 24.1 Å².